The maximum absolute atomic E-state index is 12.2. The van der Waals surface area contributed by atoms with E-state index in [2.05, 4.69) is 5.10 Å². The zero-order valence-electron chi connectivity index (χ0n) is 8.19. The highest BCUT2D eigenvalue weighted by molar-refractivity contribution is 5.05. The monoisotopic (exact) mass is 204 g/mol. The van der Waals surface area contributed by atoms with Crippen LogP contribution in [0.1, 0.15) is 25.6 Å². The van der Waals surface area contributed by atoms with Crippen LogP contribution in [0.5, 0.6) is 0 Å². The van der Waals surface area contributed by atoms with Gasteiger partial charge in [-0.2, -0.15) is 5.10 Å². The molecule has 3 nitrogen and oxygen atoms in total. The van der Waals surface area contributed by atoms with E-state index in [0.29, 0.717) is 12.5 Å². The van der Waals surface area contributed by atoms with Gasteiger partial charge in [-0.1, -0.05) is 13.8 Å². The Morgan fingerprint density at radius 2 is 2.14 bits per heavy atom. The van der Waals surface area contributed by atoms with Crippen molar-refractivity contribution < 1.29 is 13.9 Å². The zero-order valence-corrected chi connectivity index (χ0v) is 8.19. The van der Waals surface area contributed by atoms with Gasteiger partial charge >= 0.3 is 0 Å². The molecular weight excluding hydrogens is 190 g/mol. The van der Waals surface area contributed by atoms with Crippen LogP contribution >= 0.6 is 0 Å². The van der Waals surface area contributed by atoms with E-state index in [1.54, 1.807) is 0 Å². The van der Waals surface area contributed by atoms with Gasteiger partial charge in [0.2, 0.25) is 0 Å². The lowest BCUT2D eigenvalue weighted by Gasteiger charge is -2.13. The lowest BCUT2D eigenvalue weighted by atomic mass is 10.2. The van der Waals surface area contributed by atoms with Crippen LogP contribution in [-0.2, 0) is 6.54 Å². The second kappa shape index (κ2) is 4.50. The third kappa shape index (κ3) is 2.51. The van der Waals surface area contributed by atoms with Gasteiger partial charge in [0.05, 0.1) is 5.69 Å². The number of nitrogens with zero attached hydrogens (tertiary/aromatic N) is 2. The van der Waals surface area contributed by atoms with Crippen LogP contribution in [0.25, 0.3) is 0 Å². The average molecular weight is 204 g/mol. The summed E-state index contributed by atoms with van der Waals surface area (Å²) in [7, 11) is 0. The van der Waals surface area contributed by atoms with Crippen molar-refractivity contribution in [3.05, 3.63) is 18.0 Å². The molecule has 5 heteroatoms. The Morgan fingerprint density at radius 1 is 1.50 bits per heavy atom. The van der Waals surface area contributed by atoms with Crippen LogP contribution < -0.4 is 0 Å². The number of rotatable bonds is 4. The van der Waals surface area contributed by atoms with Gasteiger partial charge < -0.3 is 5.11 Å². The van der Waals surface area contributed by atoms with Crippen LogP contribution in [0.3, 0.4) is 0 Å². The summed E-state index contributed by atoms with van der Waals surface area (Å²) in [6, 6.07) is 1.42. The molecule has 1 rings (SSSR count). The minimum Gasteiger partial charge on any atom is -0.381 e. The predicted octanol–water partition coefficient (Wildman–Crippen LogP) is 1.84. The van der Waals surface area contributed by atoms with Crippen molar-refractivity contribution >= 4 is 0 Å². The molecule has 0 aliphatic rings. The molecule has 0 spiro atoms. The molecule has 0 aliphatic heterocycles. The molecule has 80 valence electrons. The second-order valence-electron chi connectivity index (χ2n) is 3.61. The fourth-order valence-electron chi connectivity index (χ4n) is 1.22. The molecule has 0 bridgehead atoms. The Bertz CT molecular complexity index is 286. The van der Waals surface area contributed by atoms with E-state index in [1.807, 2.05) is 13.8 Å². The third-order valence-electron chi connectivity index (χ3n) is 1.83. The van der Waals surface area contributed by atoms with Crippen molar-refractivity contribution in [2.75, 3.05) is 0 Å². The largest absolute Gasteiger partial charge is 0.381 e. The fraction of sp³-hybridized carbons (Fsp3) is 0.667. The van der Waals surface area contributed by atoms with Crippen molar-refractivity contribution in [3.63, 3.8) is 0 Å². The van der Waals surface area contributed by atoms with E-state index in [1.165, 1.54) is 16.9 Å². The van der Waals surface area contributed by atoms with Crippen LogP contribution in [-0.4, -0.2) is 21.3 Å². The van der Waals surface area contributed by atoms with Crippen LogP contribution in [0.2, 0.25) is 0 Å². The zero-order chi connectivity index (χ0) is 10.7. The Balaban J connectivity index is 2.81. The molecule has 0 amide bonds. The van der Waals surface area contributed by atoms with Gasteiger partial charge in [-0.15, -0.1) is 0 Å². The summed E-state index contributed by atoms with van der Waals surface area (Å²) < 4.78 is 25.9. The Hall–Kier alpha value is -0.970. The SMILES string of the molecule is CC(C)Cn1nccc1C(O)C(F)F. The minimum atomic E-state index is -2.77. The van der Waals surface area contributed by atoms with E-state index in [-0.39, 0.29) is 5.69 Å². The Kier molecular flexibility index (Phi) is 3.57. The molecule has 1 unspecified atom stereocenters. The van der Waals surface area contributed by atoms with Crippen LogP contribution in [0.4, 0.5) is 8.78 Å². The normalized spacial score (nSPS) is 13.9. The highest BCUT2D eigenvalue weighted by Gasteiger charge is 2.22. The molecule has 14 heavy (non-hydrogen) atoms. The number of aliphatic hydroxyl groups excluding tert-OH is 1. The van der Waals surface area contributed by atoms with E-state index in [9.17, 15) is 8.78 Å². The van der Waals surface area contributed by atoms with Gasteiger partial charge in [0, 0.05) is 12.7 Å². The van der Waals surface area contributed by atoms with Crippen molar-refractivity contribution in [2.24, 2.45) is 5.92 Å². The van der Waals surface area contributed by atoms with E-state index in [4.69, 9.17) is 5.11 Å². The Labute approximate surface area is 81.4 Å². The molecule has 0 aliphatic carbocycles. The average Bonchev–Trinajstić information content (AvgIpc) is 2.49. The number of hydrogen-bond acceptors (Lipinski definition) is 2. The van der Waals surface area contributed by atoms with Gasteiger partial charge in [-0.25, -0.2) is 8.78 Å². The molecule has 1 aromatic rings. The summed E-state index contributed by atoms with van der Waals surface area (Å²) in [5, 5.41) is 13.1. The summed E-state index contributed by atoms with van der Waals surface area (Å²) in [5.41, 5.74) is 0.175. The first-order valence-corrected chi connectivity index (χ1v) is 4.50. The second-order valence-corrected chi connectivity index (χ2v) is 3.61. The van der Waals surface area contributed by atoms with Gasteiger partial charge in [-0.05, 0) is 12.0 Å². The fourth-order valence-corrected chi connectivity index (χ4v) is 1.22. The van der Waals surface area contributed by atoms with Gasteiger partial charge in [-0.3, -0.25) is 4.68 Å². The van der Waals surface area contributed by atoms with Gasteiger partial charge in [0.15, 0.2) is 6.10 Å². The van der Waals surface area contributed by atoms with E-state index in [0.717, 1.165) is 0 Å². The first kappa shape index (κ1) is 11.1. The molecule has 0 saturated heterocycles. The molecule has 0 aromatic carbocycles. The molecule has 1 aromatic heterocycles. The lowest BCUT2D eigenvalue weighted by molar-refractivity contribution is -0.0111. The topological polar surface area (TPSA) is 38.0 Å². The summed E-state index contributed by atoms with van der Waals surface area (Å²) in [6.07, 6.45) is -3.09. The maximum Gasteiger partial charge on any atom is 0.269 e. The minimum absolute atomic E-state index is 0.175. The van der Waals surface area contributed by atoms with E-state index < -0.39 is 12.5 Å². The highest BCUT2D eigenvalue weighted by Crippen LogP contribution is 2.20. The van der Waals surface area contributed by atoms with Crippen LogP contribution in [0, 0.1) is 5.92 Å². The standard InChI is InChI=1S/C9H14F2N2O/c1-6(2)5-13-7(3-4-12-13)8(14)9(10)11/h3-4,6,8-9,14H,5H2,1-2H3. The number of hydrogen-bond donors (Lipinski definition) is 1. The number of aromatic nitrogens is 2. The number of aliphatic hydroxyl groups is 1. The summed E-state index contributed by atoms with van der Waals surface area (Å²) in [4.78, 5) is 0. The summed E-state index contributed by atoms with van der Waals surface area (Å²) in [5.74, 6) is 0.304. The van der Waals surface area contributed by atoms with Crippen molar-refractivity contribution in [3.8, 4) is 0 Å². The Morgan fingerprint density at radius 3 is 2.64 bits per heavy atom. The van der Waals surface area contributed by atoms with Crippen molar-refractivity contribution in [2.45, 2.75) is 32.9 Å². The molecule has 0 fully saturated rings. The van der Waals surface area contributed by atoms with Gasteiger partial charge in [0.25, 0.3) is 6.43 Å². The van der Waals surface area contributed by atoms with Crippen LogP contribution in [0.15, 0.2) is 12.3 Å². The van der Waals surface area contributed by atoms with Crippen molar-refractivity contribution in [1.29, 1.82) is 0 Å². The first-order valence-electron chi connectivity index (χ1n) is 4.50. The molecule has 0 radical (unpaired) electrons. The first-order chi connectivity index (χ1) is 6.52. The summed E-state index contributed by atoms with van der Waals surface area (Å²) in [6.45, 7) is 4.45. The molecule has 1 atom stereocenters. The molecule has 1 heterocycles. The van der Waals surface area contributed by atoms with E-state index >= 15 is 0 Å². The number of alkyl halides is 2. The molecular formula is C9H14F2N2O. The maximum atomic E-state index is 12.2. The highest BCUT2D eigenvalue weighted by atomic mass is 19.3. The molecule has 0 saturated carbocycles. The predicted molar refractivity (Wildman–Crippen MR) is 48.0 cm³/mol. The quantitative estimate of drug-likeness (QED) is 0.812. The molecule has 1 N–H and O–H groups in total. The summed E-state index contributed by atoms with van der Waals surface area (Å²) >= 11 is 0. The van der Waals surface area contributed by atoms with Gasteiger partial charge in [0.1, 0.15) is 0 Å². The smallest absolute Gasteiger partial charge is 0.269 e. The lowest BCUT2D eigenvalue weighted by Crippen LogP contribution is -2.16. The number of halogens is 2. The third-order valence-corrected chi connectivity index (χ3v) is 1.83. The van der Waals surface area contributed by atoms with Crippen molar-refractivity contribution in [1.82, 2.24) is 9.78 Å².